The Hall–Kier alpha value is -2.61. The summed E-state index contributed by atoms with van der Waals surface area (Å²) in [5.74, 6) is 0.581. The van der Waals surface area contributed by atoms with Gasteiger partial charge < -0.3 is 20.4 Å². The summed E-state index contributed by atoms with van der Waals surface area (Å²) in [7, 11) is 0. The number of halogens is 1. The molecule has 1 aromatic carbocycles. The summed E-state index contributed by atoms with van der Waals surface area (Å²) >= 11 is 8.17. The topological polar surface area (TPSA) is 64.7 Å². The van der Waals surface area contributed by atoms with Gasteiger partial charge in [0, 0.05) is 49.2 Å². The lowest BCUT2D eigenvalue weighted by molar-refractivity contribution is -0.146. The predicted molar refractivity (Wildman–Crippen MR) is 170 cm³/mol. The van der Waals surface area contributed by atoms with Crippen LogP contribution in [-0.2, 0) is 22.6 Å². The average Bonchev–Trinajstić information content (AvgIpc) is 3.92. The number of likely N-dealkylation sites (tertiary alicyclic amines) is 1. The van der Waals surface area contributed by atoms with E-state index in [1.165, 1.54) is 16.8 Å². The van der Waals surface area contributed by atoms with E-state index in [4.69, 9.17) is 11.6 Å². The number of hydrogen-bond donors (Lipinski definition) is 2. The number of nitrogens with zero attached hydrogens (tertiary/aromatic N) is 2. The van der Waals surface area contributed by atoms with Gasteiger partial charge in [-0.05, 0) is 79.7 Å². The van der Waals surface area contributed by atoms with E-state index in [0.29, 0.717) is 12.5 Å². The van der Waals surface area contributed by atoms with E-state index in [1.807, 2.05) is 12.2 Å². The van der Waals surface area contributed by atoms with Crippen molar-refractivity contribution in [3.05, 3.63) is 76.0 Å². The second-order valence-corrected chi connectivity index (χ2v) is 14.3. The normalized spacial score (nSPS) is 27.2. The quantitative estimate of drug-likeness (QED) is 0.366. The molecule has 2 amide bonds. The second kappa shape index (κ2) is 11.5. The van der Waals surface area contributed by atoms with Crippen LogP contribution >= 0.6 is 22.9 Å². The number of benzene rings is 1. The Morgan fingerprint density at radius 2 is 1.81 bits per heavy atom. The summed E-state index contributed by atoms with van der Waals surface area (Å²) in [6, 6.07) is 11.1. The molecule has 0 bridgehead atoms. The Labute approximate surface area is 258 Å². The molecule has 1 aromatic heterocycles. The Morgan fingerprint density at radius 3 is 2.57 bits per heavy atom. The number of rotatable bonds is 9. The van der Waals surface area contributed by atoms with Crippen molar-refractivity contribution in [2.45, 2.75) is 62.9 Å². The number of piperazine rings is 1. The maximum Gasteiger partial charge on any atom is 0.230 e. The van der Waals surface area contributed by atoms with Crippen molar-refractivity contribution < 1.29 is 9.59 Å². The number of anilines is 1. The lowest BCUT2D eigenvalue weighted by Crippen LogP contribution is -2.46. The number of carbonyl (C=O) groups is 2. The third kappa shape index (κ3) is 5.22. The van der Waals surface area contributed by atoms with Crippen LogP contribution in [0.5, 0.6) is 0 Å². The first-order valence-corrected chi connectivity index (χ1v) is 17.0. The lowest BCUT2D eigenvalue weighted by atomic mass is 9.82. The second-order valence-electron chi connectivity index (χ2n) is 12.8. The number of allylic oxidation sites excluding steroid dienone is 4. The monoisotopic (exact) mass is 604 g/mol. The fourth-order valence-corrected chi connectivity index (χ4v) is 8.69. The fraction of sp³-hybridized carbons (Fsp3) is 0.529. The van der Waals surface area contributed by atoms with Crippen molar-refractivity contribution in [2.75, 3.05) is 37.6 Å². The van der Waals surface area contributed by atoms with Gasteiger partial charge in [0.1, 0.15) is 0 Å². The van der Waals surface area contributed by atoms with E-state index < -0.39 is 10.8 Å². The Kier molecular flexibility index (Phi) is 7.70. The minimum absolute atomic E-state index is 0.0198. The van der Waals surface area contributed by atoms with Gasteiger partial charge in [0.05, 0.1) is 28.8 Å². The first-order chi connectivity index (χ1) is 20.5. The SMILES string of the molecule is O=C(NCc1cc(CC2C=CC=CC2Cl)cs1)C1(C2(C(=O)N3CCC[C@@H]3c3cccc(N4CCNCC4)c3)CC2)CC1. The molecular formula is C34H41ClN4O2S. The molecule has 2 saturated carbocycles. The van der Waals surface area contributed by atoms with E-state index in [2.05, 4.69) is 68.3 Å². The number of alkyl halides is 1. The molecule has 0 spiro atoms. The number of nitrogens with one attached hydrogen (secondary N) is 2. The summed E-state index contributed by atoms with van der Waals surface area (Å²) in [4.78, 5) is 33.7. The lowest BCUT2D eigenvalue weighted by Gasteiger charge is -2.34. The maximum absolute atomic E-state index is 14.3. The van der Waals surface area contributed by atoms with Gasteiger partial charge in [-0.25, -0.2) is 0 Å². The maximum atomic E-state index is 14.3. The summed E-state index contributed by atoms with van der Waals surface area (Å²) in [5, 5.41) is 8.87. The van der Waals surface area contributed by atoms with Gasteiger partial charge in [0.15, 0.2) is 0 Å². The van der Waals surface area contributed by atoms with E-state index in [0.717, 1.165) is 82.5 Å². The third-order valence-corrected chi connectivity index (χ3v) is 11.7. The fourth-order valence-electron chi connectivity index (χ4n) is 7.59. The van der Waals surface area contributed by atoms with Gasteiger partial charge >= 0.3 is 0 Å². The van der Waals surface area contributed by atoms with Crippen LogP contribution in [0.1, 0.15) is 60.6 Å². The van der Waals surface area contributed by atoms with Crippen LogP contribution in [0.25, 0.3) is 0 Å². The van der Waals surface area contributed by atoms with Crippen LogP contribution in [0, 0.1) is 16.7 Å². The number of hydrogen-bond acceptors (Lipinski definition) is 5. The molecule has 42 heavy (non-hydrogen) atoms. The van der Waals surface area contributed by atoms with E-state index >= 15 is 0 Å². The molecule has 8 heteroatoms. The van der Waals surface area contributed by atoms with E-state index in [1.54, 1.807) is 11.3 Å². The molecule has 2 saturated heterocycles. The molecule has 4 fully saturated rings. The zero-order valence-electron chi connectivity index (χ0n) is 24.2. The van der Waals surface area contributed by atoms with Crippen molar-refractivity contribution in [3.8, 4) is 0 Å². The van der Waals surface area contributed by atoms with Gasteiger partial charge in [-0.3, -0.25) is 9.59 Å². The first-order valence-electron chi connectivity index (χ1n) is 15.7. The third-order valence-electron chi connectivity index (χ3n) is 10.3. The Bertz CT molecular complexity index is 1390. The molecule has 3 heterocycles. The molecule has 0 radical (unpaired) electrons. The highest BCUT2D eigenvalue weighted by atomic mass is 35.5. The van der Waals surface area contributed by atoms with Crippen molar-refractivity contribution >= 4 is 40.4 Å². The molecule has 2 aliphatic heterocycles. The van der Waals surface area contributed by atoms with Gasteiger partial charge in [-0.2, -0.15) is 0 Å². The molecule has 3 aliphatic carbocycles. The van der Waals surface area contributed by atoms with Crippen LogP contribution in [0.4, 0.5) is 5.69 Å². The van der Waals surface area contributed by atoms with Crippen LogP contribution in [-0.4, -0.2) is 54.8 Å². The zero-order chi connectivity index (χ0) is 28.7. The van der Waals surface area contributed by atoms with Crippen LogP contribution < -0.4 is 15.5 Å². The van der Waals surface area contributed by atoms with Crippen molar-refractivity contribution in [2.24, 2.45) is 16.7 Å². The first kappa shape index (κ1) is 28.2. The minimum atomic E-state index is -0.537. The molecule has 222 valence electrons. The van der Waals surface area contributed by atoms with Crippen molar-refractivity contribution in [3.63, 3.8) is 0 Å². The van der Waals surface area contributed by atoms with E-state index in [9.17, 15) is 9.59 Å². The van der Waals surface area contributed by atoms with Gasteiger partial charge in [0.25, 0.3) is 0 Å². The summed E-state index contributed by atoms with van der Waals surface area (Å²) in [6.45, 7) is 5.33. The number of carbonyl (C=O) groups excluding carboxylic acids is 2. The molecule has 2 aromatic rings. The Balaban J connectivity index is 1.00. The highest BCUT2D eigenvalue weighted by Crippen LogP contribution is 2.71. The van der Waals surface area contributed by atoms with E-state index in [-0.39, 0.29) is 23.2 Å². The smallest absolute Gasteiger partial charge is 0.230 e. The molecule has 7 rings (SSSR count). The highest BCUT2D eigenvalue weighted by molar-refractivity contribution is 7.10. The van der Waals surface area contributed by atoms with Crippen LogP contribution in [0.2, 0.25) is 0 Å². The van der Waals surface area contributed by atoms with Crippen LogP contribution in [0.3, 0.4) is 0 Å². The molecular weight excluding hydrogens is 564 g/mol. The van der Waals surface area contributed by atoms with Gasteiger partial charge in [-0.15, -0.1) is 22.9 Å². The average molecular weight is 605 g/mol. The largest absolute Gasteiger partial charge is 0.369 e. The zero-order valence-corrected chi connectivity index (χ0v) is 25.8. The molecule has 6 nitrogen and oxygen atoms in total. The molecule has 2 N–H and O–H groups in total. The molecule has 3 atom stereocenters. The van der Waals surface area contributed by atoms with Crippen molar-refractivity contribution in [1.82, 2.24) is 15.5 Å². The minimum Gasteiger partial charge on any atom is -0.369 e. The van der Waals surface area contributed by atoms with Crippen LogP contribution in [0.15, 0.2) is 60.0 Å². The van der Waals surface area contributed by atoms with Gasteiger partial charge in [-0.1, -0.05) is 36.4 Å². The highest BCUT2D eigenvalue weighted by Gasteiger charge is 2.74. The standard InChI is InChI=1S/C34H41ClN4O2S/c35-29-8-2-1-5-25(29)19-24-20-28(42-23-24)22-37-31(40)33(10-11-33)34(12-13-34)32(41)39-16-4-9-30(39)26-6-3-7-27(21-26)38-17-14-36-15-18-38/h1-3,5-8,20-21,23,25,29-30,36H,4,9-19,22H2,(H,37,40)/t25?,29?,30-/m1/s1. The molecule has 2 unspecified atom stereocenters. The Morgan fingerprint density at radius 1 is 1.02 bits per heavy atom. The number of amides is 2. The predicted octanol–water partition coefficient (Wildman–Crippen LogP) is 5.59. The summed E-state index contributed by atoms with van der Waals surface area (Å²) in [5.41, 5.74) is 2.68. The van der Waals surface area contributed by atoms with Crippen molar-refractivity contribution in [1.29, 1.82) is 0 Å². The van der Waals surface area contributed by atoms with Gasteiger partial charge in [0.2, 0.25) is 11.8 Å². The molecule has 5 aliphatic rings. The summed E-state index contributed by atoms with van der Waals surface area (Å²) in [6.07, 6.45) is 14.5. The number of thiophene rings is 1. The summed E-state index contributed by atoms with van der Waals surface area (Å²) < 4.78 is 0.